The van der Waals surface area contributed by atoms with Gasteiger partial charge in [-0.3, -0.25) is 0 Å². The molecule has 0 saturated heterocycles. The van der Waals surface area contributed by atoms with E-state index in [-0.39, 0.29) is 60.4 Å². The van der Waals surface area contributed by atoms with Crippen LogP contribution in [0.4, 0.5) is 0 Å². The average Bonchev–Trinajstić information content (AvgIpc) is 4.29. The molecule has 13 rings (SSSR count). The zero-order valence-electron chi connectivity index (χ0n) is 49.7. The van der Waals surface area contributed by atoms with Gasteiger partial charge in [-0.15, -0.1) is 0 Å². The smallest absolute Gasteiger partial charge is 0.0988 e. The maximum absolute atomic E-state index is 4.67. The summed E-state index contributed by atoms with van der Waals surface area (Å²) in [6, 6.07) is 0.542. The van der Waals surface area contributed by atoms with Gasteiger partial charge < -0.3 is 59.8 Å². The topological polar surface area (TPSA) is 243 Å². The lowest BCUT2D eigenvalue weighted by atomic mass is 9.88. The van der Waals surface area contributed by atoms with Crippen LogP contribution in [-0.2, 0) is 6.54 Å². The van der Waals surface area contributed by atoms with E-state index in [1.165, 1.54) is 0 Å². The molecule has 13 aromatic heterocycles. The van der Waals surface area contributed by atoms with E-state index in [1.54, 1.807) is 24.9 Å². The number of hydrogen-bond acceptors (Lipinski definition) is 13. The molecule has 0 aliphatic carbocycles. The fourth-order valence-electron chi connectivity index (χ4n) is 12.9. The van der Waals surface area contributed by atoms with E-state index in [1.807, 2.05) is 167 Å². The molecule has 0 aliphatic rings. The van der Waals surface area contributed by atoms with Crippen LogP contribution >= 0.6 is 0 Å². The Morgan fingerprint density at radius 3 is 0.798 bits per heavy atom. The Morgan fingerprint density at radius 2 is 0.551 bits per heavy atom. The van der Waals surface area contributed by atoms with Crippen LogP contribution < -0.4 is 0 Å². The van der Waals surface area contributed by atoms with E-state index in [9.17, 15) is 0 Å². The van der Waals surface area contributed by atoms with Gasteiger partial charge in [0.15, 0.2) is 0 Å². The van der Waals surface area contributed by atoms with Crippen molar-refractivity contribution >= 4 is 5.70 Å². The molecule has 0 aromatic carbocycles. The van der Waals surface area contributed by atoms with Crippen molar-refractivity contribution < 1.29 is 0 Å². The van der Waals surface area contributed by atoms with Crippen LogP contribution in [0.15, 0.2) is 250 Å². The predicted octanol–water partition coefficient (Wildman–Crippen LogP) is 10.3. The predicted molar refractivity (Wildman–Crippen MR) is 332 cm³/mol. The average molecular weight is 1200 g/mol. The minimum absolute atomic E-state index is 0.0147. The van der Waals surface area contributed by atoms with Crippen molar-refractivity contribution in [1.82, 2.24) is 125 Å². The van der Waals surface area contributed by atoms with E-state index >= 15 is 0 Å². The lowest BCUT2D eigenvalue weighted by molar-refractivity contribution is 0.215. The standard InChI is InChI=1S/C60H72N24.C3H4N2/c1-50(74-17-4-62-39-74)28-52(76-19-6-64-41-76)30-54(78-21-8-66-43-78)32-56(80-23-10-68-45-80)34-58(82-25-12-70-47-82)36-60(84-27-14-72-49-84)37-59(83-26-13-71-48-83)35-57(81-24-11-69-46-81)33-55(79-22-9-67-44-79)31-53(77-20-7-65-42-77)29-51(75-18-5-63-40-75)2-15-73-16-3-61-38-73;1-2-5-3-4-1/h3-14,16-27,38-49,51-60H,1-2,15,28-37H2;1-3H,(H,4,5). The molecule has 0 fully saturated rings. The Hall–Kier alpha value is -10.5. The van der Waals surface area contributed by atoms with Crippen LogP contribution in [0.3, 0.4) is 0 Å². The highest BCUT2D eigenvalue weighted by Gasteiger charge is 2.33. The molecule has 10 atom stereocenters. The van der Waals surface area contributed by atoms with E-state index in [0.29, 0.717) is 6.42 Å². The number of allylic oxidation sites excluding steroid dienone is 1. The fraction of sp³-hybridized carbons (Fsp3) is 0.349. The van der Waals surface area contributed by atoms with Gasteiger partial charge in [-0.1, -0.05) is 6.58 Å². The molecule has 13 heterocycles. The molecule has 0 radical (unpaired) electrons. The Morgan fingerprint density at radius 1 is 0.281 bits per heavy atom. The van der Waals surface area contributed by atoms with Crippen molar-refractivity contribution in [3.8, 4) is 0 Å². The monoisotopic (exact) mass is 1200 g/mol. The second-order valence-corrected chi connectivity index (χ2v) is 22.8. The highest BCUT2D eigenvalue weighted by Crippen LogP contribution is 2.43. The summed E-state index contributed by atoms with van der Waals surface area (Å²) in [5, 5.41) is 0. The second kappa shape index (κ2) is 29.7. The third-order valence-corrected chi connectivity index (χ3v) is 17.4. The van der Waals surface area contributed by atoms with Crippen molar-refractivity contribution in [1.29, 1.82) is 0 Å². The number of hydrogen-bond donors (Lipinski definition) is 1. The summed E-state index contributed by atoms with van der Waals surface area (Å²) < 4.78 is 26.9. The molecular weight excluding hydrogens is 1120 g/mol. The molecule has 1 N–H and O–H groups in total. The Bertz CT molecular complexity index is 3790. The molecule has 0 bridgehead atoms. The number of aromatic nitrogens is 26. The number of nitrogens with one attached hydrogen (secondary N) is 1. The molecule has 0 aliphatic heterocycles. The SMILES string of the molecule is C=C(CC(CC(CC(CC(CC(CC(CC(CC(CC(CC(CCn1ccnc1)n1ccnc1)n1ccnc1)n1ccnc1)n1ccnc1)n1ccnc1)n1ccnc1)n1ccnc1)n1ccnc1)n1ccnc1)n1ccnc1)n1ccnc1.c1c[nH]cn1. The molecular formula is C63H76N26. The lowest BCUT2D eigenvalue weighted by Gasteiger charge is -2.35. The summed E-state index contributed by atoms with van der Waals surface area (Å²) in [7, 11) is 0. The molecule has 26 nitrogen and oxygen atoms in total. The van der Waals surface area contributed by atoms with Gasteiger partial charge in [0.2, 0.25) is 0 Å². The summed E-state index contributed by atoms with van der Waals surface area (Å²) in [6.07, 6.45) is 84.7. The number of rotatable bonds is 34. The Labute approximate surface area is 515 Å². The minimum atomic E-state index is 0.0147. The normalized spacial score (nSPS) is 15.1. The molecule has 0 amide bonds. The number of H-pyrrole nitrogens is 1. The summed E-state index contributed by atoms with van der Waals surface area (Å²) in [5.74, 6) is 0. The van der Waals surface area contributed by atoms with E-state index in [0.717, 1.165) is 76.5 Å². The molecule has 0 spiro atoms. The molecule has 13 aromatic rings. The van der Waals surface area contributed by atoms with Crippen molar-refractivity contribution in [2.45, 2.75) is 138 Å². The van der Waals surface area contributed by atoms with Gasteiger partial charge in [-0.25, -0.2) is 64.8 Å². The van der Waals surface area contributed by atoms with Crippen molar-refractivity contribution in [3.63, 3.8) is 0 Å². The van der Waals surface area contributed by atoms with Crippen LogP contribution in [0.2, 0.25) is 0 Å². The lowest BCUT2D eigenvalue weighted by Crippen LogP contribution is -2.26. The zero-order chi connectivity index (χ0) is 60.2. The number of nitrogens with zero attached hydrogens (tertiary/aromatic N) is 25. The first-order chi connectivity index (χ1) is 44.0. The molecule has 89 heavy (non-hydrogen) atoms. The molecule has 0 saturated carbocycles. The molecule has 26 heteroatoms. The van der Waals surface area contributed by atoms with Gasteiger partial charge in [-0.2, -0.15) is 0 Å². The third-order valence-electron chi connectivity index (χ3n) is 17.4. The quantitative estimate of drug-likeness (QED) is 0.0395. The van der Waals surface area contributed by atoms with Crippen LogP contribution in [0.25, 0.3) is 5.70 Å². The fourth-order valence-corrected chi connectivity index (χ4v) is 12.9. The Kier molecular flexibility index (Phi) is 19.6. The van der Waals surface area contributed by atoms with E-state index < -0.39 is 0 Å². The molecule has 10 unspecified atom stereocenters. The zero-order valence-corrected chi connectivity index (χ0v) is 49.7. The highest BCUT2D eigenvalue weighted by atomic mass is 15.2. The highest BCUT2D eigenvalue weighted by molar-refractivity contribution is 5.41. The number of aryl methyl sites for hydroxylation is 1. The van der Waals surface area contributed by atoms with E-state index in [4.69, 9.17) is 0 Å². The van der Waals surface area contributed by atoms with Gasteiger partial charge >= 0.3 is 0 Å². The summed E-state index contributed by atoms with van der Waals surface area (Å²) >= 11 is 0. The summed E-state index contributed by atoms with van der Waals surface area (Å²) in [5.41, 5.74) is 0.958. The summed E-state index contributed by atoms with van der Waals surface area (Å²) in [4.78, 5) is 61.1. The van der Waals surface area contributed by atoms with Gasteiger partial charge in [0.25, 0.3) is 0 Å². The first kappa shape index (κ1) is 58.8. The van der Waals surface area contributed by atoms with Gasteiger partial charge in [0.1, 0.15) is 0 Å². The van der Waals surface area contributed by atoms with Crippen LogP contribution in [-0.4, -0.2) is 125 Å². The Balaban J connectivity index is 0.00000147. The van der Waals surface area contributed by atoms with Crippen LogP contribution in [0.1, 0.15) is 131 Å². The van der Waals surface area contributed by atoms with Gasteiger partial charge in [0.05, 0.1) is 82.3 Å². The second-order valence-electron chi connectivity index (χ2n) is 22.8. The third kappa shape index (κ3) is 15.7. The van der Waals surface area contributed by atoms with Crippen LogP contribution in [0, 0.1) is 0 Å². The maximum Gasteiger partial charge on any atom is 0.0988 e. The van der Waals surface area contributed by atoms with Gasteiger partial charge in [-0.05, 0) is 64.2 Å². The van der Waals surface area contributed by atoms with Crippen molar-refractivity contribution in [2.24, 2.45) is 0 Å². The number of imidazole rings is 13. The first-order valence-electron chi connectivity index (χ1n) is 30.3. The maximum atomic E-state index is 4.67. The van der Waals surface area contributed by atoms with Crippen LogP contribution in [0.5, 0.6) is 0 Å². The van der Waals surface area contributed by atoms with Gasteiger partial charge in [0, 0.05) is 240 Å². The largest absolute Gasteiger partial charge is 0.351 e. The van der Waals surface area contributed by atoms with Crippen molar-refractivity contribution in [3.05, 3.63) is 250 Å². The van der Waals surface area contributed by atoms with Crippen molar-refractivity contribution in [2.75, 3.05) is 0 Å². The minimum Gasteiger partial charge on any atom is -0.351 e. The molecule has 458 valence electrons. The summed E-state index contributed by atoms with van der Waals surface area (Å²) in [6.45, 7) is 5.33. The number of aromatic amines is 1. The van der Waals surface area contributed by atoms with E-state index in [2.05, 4.69) is 182 Å². The first-order valence-corrected chi connectivity index (χ1v) is 30.3.